The van der Waals surface area contributed by atoms with Gasteiger partial charge in [-0.05, 0) is 86.8 Å². The number of carbonyl (C=O) groups excluding carboxylic acids is 2. The summed E-state index contributed by atoms with van der Waals surface area (Å²) >= 11 is 5.68. The number of amides is 2. The predicted molar refractivity (Wildman–Crippen MR) is 258 cm³/mol. The molecule has 0 spiro atoms. The maximum atomic E-state index is 13.4. The Hall–Kier alpha value is -5.37. The topological polar surface area (TPSA) is 221 Å². The van der Waals surface area contributed by atoms with Gasteiger partial charge in [-0.1, -0.05) is 35.9 Å². The first-order valence-electron chi connectivity index (χ1n) is 24.2. The van der Waals surface area contributed by atoms with Gasteiger partial charge in [0.1, 0.15) is 35.0 Å². The average molecular weight is 1080 g/mol. The van der Waals surface area contributed by atoms with E-state index in [1.807, 2.05) is 36.4 Å². The summed E-state index contributed by atoms with van der Waals surface area (Å²) < 4.78 is 99.8. The van der Waals surface area contributed by atoms with Crippen LogP contribution >= 0.6 is 11.6 Å². The maximum Gasteiger partial charge on any atom is 1.00 e. The third-order valence-electron chi connectivity index (χ3n) is 12.2. The molecule has 5 fully saturated rings. The smallest absolute Gasteiger partial charge is 1.00 e. The minimum absolute atomic E-state index is 0. The van der Waals surface area contributed by atoms with Crippen molar-refractivity contribution in [3.05, 3.63) is 99.7 Å². The number of aromatic nitrogens is 4. The second-order valence-electron chi connectivity index (χ2n) is 17.5. The van der Waals surface area contributed by atoms with Crippen LogP contribution in [0, 0.1) is 22.7 Å². The number of aliphatic hydroxyl groups is 1. The molecule has 2 atom stereocenters. The molecule has 3 N–H and O–H groups in total. The number of nitriles is 2. The van der Waals surface area contributed by atoms with Crippen LogP contribution in [0.2, 0.25) is 5.15 Å². The van der Waals surface area contributed by atoms with Crippen LogP contribution in [0.5, 0.6) is 5.88 Å². The summed E-state index contributed by atoms with van der Waals surface area (Å²) in [6.45, 7) is 5.97. The first-order valence-corrected chi connectivity index (χ1v) is 24.6. The molecule has 0 aliphatic carbocycles. The Labute approximate surface area is 459 Å². The molecule has 2 aromatic heterocycles. The van der Waals surface area contributed by atoms with Crippen LogP contribution in [0.15, 0.2) is 60.7 Å². The summed E-state index contributed by atoms with van der Waals surface area (Å²) in [5.41, 5.74) is 3.04. The number of carbonyl (C=O) groups is 2. The van der Waals surface area contributed by atoms with E-state index in [0.29, 0.717) is 89.0 Å². The number of hydrogen-bond acceptors (Lipinski definition) is 15. The van der Waals surface area contributed by atoms with Crippen LogP contribution in [0.3, 0.4) is 0 Å². The van der Waals surface area contributed by atoms with Crippen molar-refractivity contribution < 1.29 is 91.0 Å². The summed E-state index contributed by atoms with van der Waals surface area (Å²) in [5.74, 6) is -3.35. The number of halogens is 7. The predicted octanol–water partition coefficient (Wildman–Crippen LogP) is 3.89. The molecule has 2 amide bonds. The minimum Gasteiger partial charge on any atom is -1.00 e. The van der Waals surface area contributed by atoms with E-state index in [0.717, 1.165) is 50.4 Å². The summed E-state index contributed by atoms with van der Waals surface area (Å²) in [4.78, 5) is 42.0. The fourth-order valence-electron chi connectivity index (χ4n) is 7.84. The van der Waals surface area contributed by atoms with Gasteiger partial charge in [-0.3, -0.25) is 9.59 Å². The zero-order valence-corrected chi connectivity index (χ0v) is 44.1. The first kappa shape index (κ1) is 60.5. The SMILES string of the molecule is C1CCOC1.N#Cc1ccc(CCNC(=O)[C@@H]2CCN2c2cc(Cl)nc(C(F)(F)F)n2)cc1.N#Cc1ccc(CCNC(=O)[C@@H]2CCN2c2cc(OC3CCOCC3)nc(C(F)(F)F)n2)cc1.OC1CCOCC1.[H-].[Na+]. The summed E-state index contributed by atoms with van der Waals surface area (Å²) in [7, 11) is 0. The molecule has 25 heteroatoms. The van der Waals surface area contributed by atoms with E-state index in [1.54, 1.807) is 24.3 Å². The van der Waals surface area contributed by atoms with Crippen molar-refractivity contribution in [2.24, 2.45) is 0 Å². The second-order valence-corrected chi connectivity index (χ2v) is 17.9. The molecule has 400 valence electrons. The molecule has 2 aromatic carbocycles. The number of benzene rings is 2. The maximum absolute atomic E-state index is 13.4. The quantitative estimate of drug-likeness (QED) is 0.104. The van der Waals surface area contributed by atoms with Gasteiger partial charge in [0.25, 0.3) is 0 Å². The van der Waals surface area contributed by atoms with Crippen LogP contribution in [0.25, 0.3) is 0 Å². The number of nitrogens with zero attached hydrogens (tertiary/aromatic N) is 8. The van der Waals surface area contributed by atoms with E-state index in [1.165, 1.54) is 34.8 Å². The Morgan fingerprint density at radius 1 is 0.667 bits per heavy atom. The summed E-state index contributed by atoms with van der Waals surface area (Å²) in [5, 5.41) is 31.7. The summed E-state index contributed by atoms with van der Waals surface area (Å²) in [6.07, 6.45) is -2.36. The monoisotopic (exact) mass is 1080 g/mol. The zero-order valence-electron chi connectivity index (χ0n) is 42.3. The van der Waals surface area contributed by atoms with Crippen molar-refractivity contribution in [1.29, 1.82) is 10.5 Å². The van der Waals surface area contributed by atoms with Crippen molar-refractivity contribution in [3.8, 4) is 18.0 Å². The van der Waals surface area contributed by atoms with E-state index in [9.17, 15) is 35.9 Å². The third kappa shape index (κ3) is 19.3. The van der Waals surface area contributed by atoms with Crippen molar-refractivity contribution in [1.82, 2.24) is 30.6 Å². The molecule has 75 heavy (non-hydrogen) atoms. The number of ether oxygens (including phenoxy) is 4. The van der Waals surface area contributed by atoms with Crippen LogP contribution < -0.4 is 54.7 Å². The van der Waals surface area contributed by atoms with Gasteiger partial charge in [0.05, 0.1) is 42.6 Å². The number of hydrogen-bond donors (Lipinski definition) is 3. The van der Waals surface area contributed by atoms with Gasteiger partial charge in [-0.2, -0.15) is 41.9 Å². The van der Waals surface area contributed by atoms with E-state index in [4.69, 9.17) is 46.2 Å². The fraction of sp³-hybridized carbons (Fsp3) is 0.520. The van der Waals surface area contributed by atoms with Crippen molar-refractivity contribution in [3.63, 3.8) is 0 Å². The van der Waals surface area contributed by atoms with Crippen LogP contribution in [-0.4, -0.2) is 127 Å². The van der Waals surface area contributed by atoms with Gasteiger partial charge in [0, 0.05) is 77.6 Å². The molecule has 4 aromatic rings. The Kier molecular flexibility index (Phi) is 24.0. The molecule has 9 rings (SSSR count). The van der Waals surface area contributed by atoms with Crippen LogP contribution in [-0.2, 0) is 49.0 Å². The Morgan fingerprint density at radius 2 is 1.09 bits per heavy atom. The molecule has 17 nitrogen and oxygen atoms in total. The number of alkyl halides is 6. The van der Waals surface area contributed by atoms with Gasteiger partial charge in [-0.15, -0.1) is 0 Å². The van der Waals surface area contributed by atoms with E-state index in [-0.39, 0.29) is 77.7 Å². The van der Waals surface area contributed by atoms with Gasteiger partial charge in [0.15, 0.2) is 0 Å². The minimum atomic E-state index is -4.74. The molecule has 5 aliphatic rings. The fourth-order valence-corrected chi connectivity index (χ4v) is 8.02. The van der Waals surface area contributed by atoms with E-state index >= 15 is 0 Å². The molecule has 5 aliphatic heterocycles. The molecule has 5 saturated heterocycles. The molecule has 0 unspecified atom stereocenters. The zero-order chi connectivity index (χ0) is 53.1. The molecule has 0 bridgehead atoms. The van der Waals surface area contributed by atoms with Crippen LogP contribution in [0.4, 0.5) is 38.0 Å². The number of aliphatic hydroxyl groups excluding tert-OH is 1. The number of nitrogens with one attached hydrogen (secondary N) is 2. The first-order chi connectivity index (χ1) is 35.5. The summed E-state index contributed by atoms with van der Waals surface area (Å²) in [6, 6.07) is 19.5. The van der Waals surface area contributed by atoms with Crippen LogP contribution in [0.1, 0.15) is 86.7 Å². The standard InChI is InChI=1S/C23H24F3N5O3.C18H15ClF3N5O.C5H10O2.C4H8O.Na.H/c24-23(25,26)22-29-19(13-20(30-22)34-17-7-11-33-12-8-17)31-10-6-18(31)21(32)28-9-5-15-1-3-16(14-27)4-2-15;19-14-9-15(26-17(25-14)18(20,21)22)27-8-6-13(27)16(28)24-7-5-11-1-3-12(10-23)4-2-11;6-5-1-3-7-4-2-5;1-2-4-5-3-1;;/h1-4,13,17-18H,5-12H2,(H,28,32);1-4,9,13H,5-8H2,(H,24,28);5-6H,1-4H2;1-4H2;;/q;;;;+1;-1/t18-;13-;;;;/m00..../s1. The van der Waals surface area contributed by atoms with Crippen molar-refractivity contribution in [2.45, 2.75) is 101 Å². The number of anilines is 2. The van der Waals surface area contributed by atoms with Gasteiger partial charge < -0.3 is 45.9 Å². The Bertz CT molecular complexity index is 2520. The molecular formula is C50H58ClF6N10NaO7. The Morgan fingerprint density at radius 3 is 1.47 bits per heavy atom. The van der Waals surface area contributed by atoms with Gasteiger partial charge in [-0.25, -0.2) is 15.0 Å². The van der Waals surface area contributed by atoms with Crippen molar-refractivity contribution >= 4 is 35.1 Å². The Balaban J connectivity index is 0.000000265. The molecule has 0 saturated carbocycles. The molecule has 7 heterocycles. The van der Waals surface area contributed by atoms with Crippen molar-refractivity contribution in [2.75, 3.05) is 75.6 Å². The molecular weight excluding hydrogens is 1030 g/mol. The molecule has 0 radical (unpaired) electrons. The second kappa shape index (κ2) is 29.8. The normalized spacial score (nSPS) is 18.5. The van der Waals surface area contributed by atoms with Gasteiger partial charge in [0.2, 0.25) is 29.3 Å². The third-order valence-corrected chi connectivity index (χ3v) is 12.4. The largest absolute Gasteiger partial charge is 1.00 e. The average Bonchev–Trinajstić information content (AvgIpc) is 3.95. The van der Waals surface area contributed by atoms with E-state index < -0.39 is 36.1 Å². The van der Waals surface area contributed by atoms with E-state index in [2.05, 4.69) is 30.6 Å². The van der Waals surface area contributed by atoms with Gasteiger partial charge >= 0.3 is 41.9 Å². The number of rotatable bonds is 12.